The first-order valence-electron chi connectivity index (χ1n) is 11.8. The third-order valence-electron chi connectivity index (χ3n) is 6.00. The van der Waals surface area contributed by atoms with Crippen LogP contribution in [0.5, 0.6) is 0 Å². The molecule has 0 fully saturated rings. The highest BCUT2D eigenvalue weighted by Crippen LogP contribution is 2.37. The third kappa shape index (κ3) is 5.47. The van der Waals surface area contributed by atoms with E-state index in [1.54, 1.807) is 30.3 Å². The van der Waals surface area contributed by atoms with E-state index < -0.39 is 5.91 Å². The Labute approximate surface area is 234 Å². The molecule has 0 saturated heterocycles. The average Bonchev–Trinajstić information content (AvgIpc) is 3.33. The Hall–Kier alpha value is -4.37. The molecule has 0 radical (unpaired) electrons. The minimum Gasteiger partial charge on any atom is -0.321 e. The van der Waals surface area contributed by atoms with Crippen LogP contribution in [0.25, 0.3) is 34.3 Å². The van der Waals surface area contributed by atoms with E-state index in [-0.39, 0.29) is 5.57 Å². The highest BCUT2D eigenvalue weighted by Gasteiger charge is 2.20. The highest BCUT2D eigenvalue weighted by molar-refractivity contribution is 9.10. The molecule has 1 heterocycles. The smallest absolute Gasteiger partial charge is 0.266 e. The van der Waals surface area contributed by atoms with Crippen molar-refractivity contribution in [1.82, 2.24) is 4.57 Å². The Bertz CT molecular complexity index is 1650. The van der Waals surface area contributed by atoms with Crippen LogP contribution in [-0.2, 0) is 4.79 Å². The number of hydrogen-bond acceptors (Lipinski definition) is 2. The molecule has 1 aromatic heterocycles. The molecule has 0 atom stereocenters. The highest BCUT2D eigenvalue weighted by atomic mass is 79.9. The van der Waals surface area contributed by atoms with E-state index in [0.29, 0.717) is 10.7 Å². The predicted molar refractivity (Wildman–Crippen MR) is 158 cm³/mol. The van der Waals surface area contributed by atoms with Gasteiger partial charge < -0.3 is 9.88 Å². The van der Waals surface area contributed by atoms with Crippen LogP contribution in [0, 0.1) is 11.3 Å². The standard InChI is InChI=1S/C32H21BrClN3O/c33-26-11-17-29(18-12-26)37-30(22-7-3-1-4-8-22)20-24(31(37)23-9-5-2-6-10-23)19-25(21-35)32(38)36-28-15-13-27(34)14-16-28/h1-20H,(H,36,38)/b25-19+. The van der Waals surface area contributed by atoms with Crippen LogP contribution in [0.2, 0.25) is 5.02 Å². The molecule has 4 aromatic carbocycles. The van der Waals surface area contributed by atoms with Gasteiger partial charge in [0.2, 0.25) is 0 Å². The Kier molecular flexibility index (Phi) is 7.55. The number of anilines is 1. The molecule has 0 spiro atoms. The van der Waals surface area contributed by atoms with Crippen molar-refractivity contribution in [3.8, 4) is 34.3 Å². The summed E-state index contributed by atoms with van der Waals surface area (Å²) in [5, 5.41) is 13.3. The number of hydrogen-bond donors (Lipinski definition) is 1. The molecule has 0 aliphatic rings. The van der Waals surface area contributed by atoms with Crippen LogP contribution in [0.4, 0.5) is 5.69 Å². The number of nitriles is 1. The molecule has 38 heavy (non-hydrogen) atoms. The van der Waals surface area contributed by atoms with Crippen LogP contribution >= 0.6 is 27.5 Å². The van der Waals surface area contributed by atoms with Gasteiger partial charge in [0.1, 0.15) is 11.6 Å². The summed E-state index contributed by atoms with van der Waals surface area (Å²) in [7, 11) is 0. The fourth-order valence-corrected chi connectivity index (χ4v) is 4.64. The van der Waals surface area contributed by atoms with Crippen LogP contribution in [0.3, 0.4) is 0 Å². The van der Waals surface area contributed by atoms with E-state index in [0.717, 1.165) is 38.2 Å². The van der Waals surface area contributed by atoms with Gasteiger partial charge in [-0.05, 0) is 71.8 Å². The van der Waals surface area contributed by atoms with E-state index in [2.05, 4.69) is 31.9 Å². The minimum atomic E-state index is -0.494. The largest absolute Gasteiger partial charge is 0.321 e. The van der Waals surface area contributed by atoms with Gasteiger partial charge >= 0.3 is 0 Å². The Morgan fingerprint density at radius 1 is 0.842 bits per heavy atom. The van der Waals surface area contributed by atoms with Gasteiger partial charge in [0, 0.05) is 26.4 Å². The maximum atomic E-state index is 13.1. The summed E-state index contributed by atoms with van der Waals surface area (Å²) in [5.41, 5.74) is 6.03. The molecule has 4 nitrogen and oxygen atoms in total. The van der Waals surface area contributed by atoms with Crippen molar-refractivity contribution in [2.75, 3.05) is 5.32 Å². The maximum Gasteiger partial charge on any atom is 0.266 e. The van der Waals surface area contributed by atoms with Crippen molar-refractivity contribution in [2.45, 2.75) is 0 Å². The minimum absolute atomic E-state index is 0.00954. The van der Waals surface area contributed by atoms with Crippen molar-refractivity contribution in [1.29, 1.82) is 5.26 Å². The molecule has 184 valence electrons. The molecular formula is C32H21BrClN3O. The molecule has 0 bridgehead atoms. The van der Waals surface area contributed by atoms with E-state index in [1.165, 1.54) is 0 Å². The summed E-state index contributed by atoms with van der Waals surface area (Å²) >= 11 is 9.50. The van der Waals surface area contributed by atoms with Crippen LogP contribution in [0.15, 0.2) is 125 Å². The number of rotatable bonds is 6. The van der Waals surface area contributed by atoms with Crippen molar-refractivity contribution < 1.29 is 4.79 Å². The average molecular weight is 579 g/mol. The molecule has 0 unspecified atom stereocenters. The Balaban J connectivity index is 1.71. The van der Waals surface area contributed by atoms with Gasteiger partial charge in [-0.25, -0.2) is 0 Å². The lowest BCUT2D eigenvalue weighted by Crippen LogP contribution is -2.13. The number of amides is 1. The first-order valence-corrected chi connectivity index (χ1v) is 13.0. The van der Waals surface area contributed by atoms with Crippen LogP contribution in [0.1, 0.15) is 5.56 Å². The zero-order chi connectivity index (χ0) is 26.5. The number of aromatic nitrogens is 1. The van der Waals surface area contributed by atoms with Gasteiger partial charge in [0.25, 0.3) is 5.91 Å². The monoisotopic (exact) mass is 577 g/mol. The second kappa shape index (κ2) is 11.4. The molecule has 6 heteroatoms. The summed E-state index contributed by atoms with van der Waals surface area (Å²) in [6.07, 6.45) is 1.65. The number of nitrogens with zero attached hydrogens (tertiary/aromatic N) is 2. The first kappa shape index (κ1) is 25.3. The summed E-state index contributed by atoms with van der Waals surface area (Å²) in [6.45, 7) is 0. The second-order valence-electron chi connectivity index (χ2n) is 8.51. The van der Waals surface area contributed by atoms with Crippen molar-refractivity contribution in [3.05, 3.63) is 136 Å². The van der Waals surface area contributed by atoms with E-state index in [1.807, 2.05) is 91.0 Å². The number of benzene rings is 4. The van der Waals surface area contributed by atoms with Crippen LogP contribution < -0.4 is 5.32 Å². The van der Waals surface area contributed by atoms with Gasteiger partial charge in [-0.3, -0.25) is 4.79 Å². The van der Waals surface area contributed by atoms with Gasteiger partial charge in [-0.1, -0.05) is 88.2 Å². The Morgan fingerprint density at radius 2 is 1.45 bits per heavy atom. The lowest BCUT2D eigenvalue weighted by Gasteiger charge is -2.15. The van der Waals surface area contributed by atoms with E-state index in [9.17, 15) is 10.1 Å². The summed E-state index contributed by atoms with van der Waals surface area (Å²) in [6, 6.07) is 38.9. The first-order chi connectivity index (χ1) is 18.5. The fourth-order valence-electron chi connectivity index (χ4n) is 4.25. The number of nitrogens with one attached hydrogen (secondary N) is 1. The summed E-state index contributed by atoms with van der Waals surface area (Å²) in [4.78, 5) is 13.1. The zero-order valence-corrected chi connectivity index (χ0v) is 22.4. The molecule has 1 N–H and O–H groups in total. The molecule has 0 aliphatic heterocycles. The van der Waals surface area contributed by atoms with Gasteiger partial charge in [-0.2, -0.15) is 5.26 Å². The quantitative estimate of drug-likeness (QED) is 0.162. The lowest BCUT2D eigenvalue weighted by molar-refractivity contribution is -0.112. The van der Waals surface area contributed by atoms with Gasteiger partial charge in [-0.15, -0.1) is 0 Å². The third-order valence-corrected chi connectivity index (χ3v) is 6.78. The molecule has 1 amide bonds. The van der Waals surface area contributed by atoms with E-state index >= 15 is 0 Å². The molecular weight excluding hydrogens is 558 g/mol. The normalized spacial score (nSPS) is 11.1. The molecule has 5 aromatic rings. The van der Waals surface area contributed by atoms with Crippen molar-refractivity contribution in [2.24, 2.45) is 0 Å². The maximum absolute atomic E-state index is 13.1. The second-order valence-corrected chi connectivity index (χ2v) is 9.86. The molecule has 5 rings (SSSR count). The van der Waals surface area contributed by atoms with Crippen molar-refractivity contribution >= 4 is 45.2 Å². The summed E-state index contributed by atoms with van der Waals surface area (Å²) in [5.74, 6) is -0.494. The van der Waals surface area contributed by atoms with E-state index in [4.69, 9.17) is 11.6 Å². The Morgan fingerprint density at radius 3 is 2.05 bits per heavy atom. The number of carbonyl (C=O) groups is 1. The summed E-state index contributed by atoms with van der Waals surface area (Å²) < 4.78 is 3.14. The van der Waals surface area contributed by atoms with Crippen LogP contribution in [-0.4, -0.2) is 10.5 Å². The van der Waals surface area contributed by atoms with Gasteiger partial charge in [0.05, 0.1) is 11.4 Å². The molecule has 0 aliphatic carbocycles. The molecule has 0 saturated carbocycles. The topological polar surface area (TPSA) is 57.8 Å². The number of carbonyl (C=O) groups excluding carboxylic acids is 1. The fraction of sp³-hybridized carbons (Fsp3) is 0. The zero-order valence-electron chi connectivity index (χ0n) is 20.1. The van der Waals surface area contributed by atoms with Gasteiger partial charge in [0.15, 0.2) is 0 Å². The lowest BCUT2D eigenvalue weighted by atomic mass is 10.0. The predicted octanol–water partition coefficient (Wildman–Crippen LogP) is 8.77. The number of halogens is 2. The SMILES string of the molecule is N#C/C(=C\c1cc(-c2ccccc2)n(-c2ccc(Br)cc2)c1-c1ccccc1)C(=O)Nc1ccc(Cl)cc1. The van der Waals surface area contributed by atoms with Crippen molar-refractivity contribution in [3.63, 3.8) is 0 Å².